The number of halogens is 1. The standard InChI is InChI=1S/C23H22ClN5O/c24-20-8-6-18(7-9-20)22-16-21(26-27-22)17-2-4-19(5-3-17)23(30)29-14-12-28(13-15-29)11-1-10-25/h2-9,16H,1,11-15H2,(H,26,27). The molecule has 2 aromatic carbocycles. The minimum absolute atomic E-state index is 0.0466. The summed E-state index contributed by atoms with van der Waals surface area (Å²) in [6, 6.07) is 19.3. The van der Waals surface area contributed by atoms with Crippen LogP contribution in [0.4, 0.5) is 0 Å². The number of nitrogens with zero attached hydrogens (tertiary/aromatic N) is 4. The van der Waals surface area contributed by atoms with Crippen molar-refractivity contribution in [2.24, 2.45) is 0 Å². The van der Waals surface area contributed by atoms with Gasteiger partial charge in [0.15, 0.2) is 0 Å². The summed E-state index contributed by atoms with van der Waals surface area (Å²) in [6.45, 7) is 3.78. The summed E-state index contributed by atoms with van der Waals surface area (Å²) in [6.07, 6.45) is 0.530. The van der Waals surface area contributed by atoms with Gasteiger partial charge in [0.2, 0.25) is 0 Å². The number of benzene rings is 2. The minimum Gasteiger partial charge on any atom is -0.336 e. The van der Waals surface area contributed by atoms with Crippen molar-refractivity contribution in [2.45, 2.75) is 6.42 Å². The first-order valence-corrected chi connectivity index (χ1v) is 10.3. The van der Waals surface area contributed by atoms with Crippen molar-refractivity contribution in [3.05, 3.63) is 65.2 Å². The monoisotopic (exact) mass is 419 g/mol. The van der Waals surface area contributed by atoms with Gasteiger partial charge in [0.1, 0.15) is 0 Å². The lowest BCUT2D eigenvalue weighted by Crippen LogP contribution is -2.48. The van der Waals surface area contributed by atoms with Gasteiger partial charge in [0.25, 0.3) is 5.91 Å². The molecule has 30 heavy (non-hydrogen) atoms. The maximum absolute atomic E-state index is 12.8. The van der Waals surface area contributed by atoms with E-state index in [-0.39, 0.29) is 5.91 Å². The van der Waals surface area contributed by atoms with Gasteiger partial charge in [-0.2, -0.15) is 10.4 Å². The highest BCUT2D eigenvalue weighted by Gasteiger charge is 2.22. The summed E-state index contributed by atoms with van der Waals surface area (Å²) < 4.78 is 0. The van der Waals surface area contributed by atoms with Crippen LogP contribution < -0.4 is 0 Å². The van der Waals surface area contributed by atoms with Crippen molar-refractivity contribution in [3.8, 4) is 28.6 Å². The largest absolute Gasteiger partial charge is 0.336 e. The van der Waals surface area contributed by atoms with Gasteiger partial charge >= 0.3 is 0 Å². The van der Waals surface area contributed by atoms with Gasteiger partial charge in [0, 0.05) is 55.3 Å². The number of carbonyl (C=O) groups is 1. The summed E-state index contributed by atoms with van der Waals surface area (Å²) in [7, 11) is 0. The number of amides is 1. The van der Waals surface area contributed by atoms with Gasteiger partial charge in [-0.3, -0.25) is 14.8 Å². The molecule has 3 aromatic rings. The van der Waals surface area contributed by atoms with E-state index in [2.05, 4.69) is 21.2 Å². The molecule has 0 radical (unpaired) electrons. The molecule has 4 rings (SSSR count). The van der Waals surface area contributed by atoms with Crippen molar-refractivity contribution >= 4 is 17.5 Å². The zero-order valence-corrected chi connectivity index (χ0v) is 17.3. The Morgan fingerprint density at radius 2 is 1.70 bits per heavy atom. The van der Waals surface area contributed by atoms with Crippen molar-refractivity contribution in [1.82, 2.24) is 20.0 Å². The average Bonchev–Trinajstić information content (AvgIpc) is 3.28. The molecule has 6 nitrogen and oxygen atoms in total. The average molecular weight is 420 g/mol. The van der Waals surface area contributed by atoms with E-state index in [0.29, 0.717) is 30.1 Å². The van der Waals surface area contributed by atoms with E-state index in [9.17, 15) is 4.79 Å². The molecule has 1 aromatic heterocycles. The smallest absolute Gasteiger partial charge is 0.253 e. The second kappa shape index (κ2) is 9.12. The molecule has 7 heteroatoms. The number of carbonyl (C=O) groups excluding carboxylic acids is 1. The van der Waals surface area contributed by atoms with E-state index in [0.717, 1.165) is 42.1 Å². The van der Waals surface area contributed by atoms with Gasteiger partial charge in [0.05, 0.1) is 17.5 Å². The molecular formula is C23H22ClN5O. The Hall–Kier alpha value is -3.14. The van der Waals surface area contributed by atoms with Crippen LogP contribution in [0.5, 0.6) is 0 Å². The summed E-state index contributed by atoms with van der Waals surface area (Å²) in [4.78, 5) is 16.9. The molecule has 0 atom stereocenters. The predicted octanol–water partition coefficient (Wildman–Crippen LogP) is 4.07. The van der Waals surface area contributed by atoms with Gasteiger partial charge in [-0.05, 0) is 35.9 Å². The van der Waals surface area contributed by atoms with E-state index in [1.807, 2.05) is 59.5 Å². The van der Waals surface area contributed by atoms with Crippen LogP contribution >= 0.6 is 11.6 Å². The first-order chi connectivity index (χ1) is 14.6. The fraction of sp³-hybridized carbons (Fsp3) is 0.261. The number of nitrogens with one attached hydrogen (secondary N) is 1. The van der Waals surface area contributed by atoms with Crippen LogP contribution in [0.1, 0.15) is 16.8 Å². The normalized spacial score (nSPS) is 14.5. The Morgan fingerprint density at radius 1 is 1.03 bits per heavy atom. The third-order valence-corrected chi connectivity index (χ3v) is 5.61. The highest BCUT2D eigenvalue weighted by atomic mass is 35.5. The third-order valence-electron chi connectivity index (χ3n) is 5.36. The lowest BCUT2D eigenvalue weighted by atomic mass is 10.1. The van der Waals surface area contributed by atoms with Crippen LogP contribution in [0.15, 0.2) is 54.6 Å². The Bertz CT molecular complexity index is 1040. The Morgan fingerprint density at radius 3 is 2.37 bits per heavy atom. The molecule has 2 heterocycles. The number of hydrogen-bond donors (Lipinski definition) is 1. The molecule has 1 aliphatic heterocycles. The van der Waals surface area contributed by atoms with Crippen LogP contribution in [0.3, 0.4) is 0 Å². The van der Waals surface area contributed by atoms with E-state index in [1.165, 1.54) is 0 Å². The molecule has 0 saturated carbocycles. The Balaban J connectivity index is 1.40. The van der Waals surface area contributed by atoms with Gasteiger partial charge in [-0.15, -0.1) is 0 Å². The van der Waals surface area contributed by atoms with Crippen molar-refractivity contribution < 1.29 is 4.79 Å². The third kappa shape index (κ3) is 4.54. The molecular weight excluding hydrogens is 398 g/mol. The van der Waals surface area contributed by atoms with Crippen LogP contribution in [0, 0.1) is 11.3 Å². The zero-order valence-electron chi connectivity index (χ0n) is 16.5. The first kappa shape index (κ1) is 20.1. The predicted molar refractivity (Wildman–Crippen MR) is 117 cm³/mol. The van der Waals surface area contributed by atoms with Crippen LogP contribution in [0.2, 0.25) is 5.02 Å². The number of piperazine rings is 1. The lowest BCUT2D eigenvalue weighted by Gasteiger charge is -2.34. The lowest BCUT2D eigenvalue weighted by molar-refractivity contribution is 0.0640. The second-order valence-electron chi connectivity index (χ2n) is 7.29. The Labute approximate surface area is 180 Å². The molecule has 1 N–H and O–H groups in total. The molecule has 1 aliphatic rings. The van der Waals surface area contributed by atoms with E-state index >= 15 is 0 Å². The van der Waals surface area contributed by atoms with Gasteiger partial charge < -0.3 is 4.90 Å². The highest BCUT2D eigenvalue weighted by Crippen LogP contribution is 2.25. The zero-order chi connectivity index (χ0) is 20.9. The van der Waals surface area contributed by atoms with Crippen molar-refractivity contribution in [3.63, 3.8) is 0 Å². The summed E-state index contributed by atoms with van der Waals surface area (Å²) in [5, 5.41) is 16.9. The second-order valence-corrected chi connectivity index (χ2v) is 7.73. The number of rotatable bonds is 5. The molecule has 1 amide bonds. The van der Waals surface area contributed by atoms with E-state index in [1.54, 1.807) is 0 Å². The van der Waals surface area contributed by atoms with Crippen molar-refractivity contribution in [1.29, 1.82) is 5.26 Å². The minimum atomic E-state index is 0.0466. The van der Waals surface area contributed by atoms with E-state index < -0.39 is 0 Å². The summed E-state index contributed by atoms with van der Waals surface area (Å²) in [5.74, 6) is 0.0466. The number of aromatic nitrogens is 2. The quantitative estimate of drug-likeness (QED) is 0.676. The van der Waals surface area contributed by atoms with Gasteiger partial charge in [-0.25, -0.2) is 0 Å². The Kier molecular flexibility index (Phi) is 6.12. The number of hydrogen-bond acceptors (Lipinski definition) is 4. The maximum atomic E-state index is 12.8. The number of nitriles is 1. The molecule has 152 valence electrons. The van der Waals surface area contributed by atoms with Crippen LogP contribution in [-0.2, 0) is 0 Å². The first-order valence-electron chi connectivity index (χ1n) is 9.94. The topological polar surface area (TPSA) is 76.0 Å². The highest BCUT2D eigenvalue weighted by molar-refractivity contribution is 6.30. The van der Waals surface area contributed by atoms with Crippen molar-refractivity contribution in [2.75, 3.05) is 32.7 Å². The maximum Gasteiger partial charge on any atom is 0.253 e. The fourth-order valence-electron chi connectivity index (χ4n) is 3.60. The summed E-state index contributed by atoms with van der Waals surface area (Å²) in [5.41, 5.74) is 4.38. The van der Waals surface area contributed by atoms with Crippen LogP contribution in [0.25, 0.3) is 22.5 Å². The number of aromatic amines is 1. The summed E-state index contributed by atoms with van der Waals surface area (Å²) >= 11 is 5.95. The molecule has 0 bridgehead atoms. The molecule has 0 unspecified atom stereocenters. The SMILES string of the molecule is N#CCCN1CCN(C(=O)c2ccc(-c3cc(-c4ccc(Cl)cc4)[nH]n3)cc2)CC1. The molecule has 1 fully saturated rings. The number of H-pyrrole nitrogens is 1. The van der Waals surface area contributed by atoms with E-state index in [4.69, 9.17) is 16.9 Å². The molecule has 1 saturated heterocycles. The molecule has 0 spiro atoms. The van der Waals surface area contributed by atoms with Crippen LogP contribution in [-0.4, -0.2) is 58.6 Å². The molecule has 0 aliphatic carbocycles. The van der Waals surface area contributed by atoms with Gasteiger partial charge in [-0.1, -0.05) is 35.9 Å². The fourth-order valence-corrected chi connectivity index (χ4v) is 3.72.